The monoisotopic (exact) mass is 246 g/mol. The van der Waals surface area contributed by atoms with Crippen molar-refractivity contribution in [1.29, 1.82) is 0 Å². The van der Waals surface area contributed by atoms with Crippen molar-refractivity contribution in [3.63, 3.8) is 0 Å². The lowest BCUT2D eigenvalue weighted by atomic mass is 10.3. The summed E-state index contributed by atoms with van der Waals surface area (Å²) >= 11 is 0. The molecule has 0 spiro atoms. The maximum Gasteiger partial charge on any atom is 0.211 e. The first-order valence-corrected chi connectivity index (χ1v) is 6.92. The molecule has 0 aliphatic carbocycles. The van der Waals surface area contributed by atoms with Gasteiger partial charge in [0.2, 0.25) is 10.0 Å². The molecule has 0 radical (unpaired) electrons. The van der Waals surface area contributed by atoms with Crippen molar-refractivity contribution in [2.75, 3.05) is 18.8 Å². The Morgan fingerprint density at radius 2 is 2.19 bits per heavy atom. The molecule has 0 aliphatic rings. The zero-order valence-corrected chi connectivity index (χ0v) is 9.99. The van der Waals surface area contributed by atoms with Crippen LogP contribution in [0.1, 0.15) is 12.8 Å². The summed E-state index contributed by atoms with van der Waals surface area (Å²) in [4.78, 5) is 3.87. The maximum absolute atomic E-state index is 11.5. The highest BCUT2D eigenvalue weighted by Gasteiger charge is 2.08. The lowest BCUT2D eigenvalue weighted by molar-refractivity contribution is 0.569. The molecule has 0 aliphatic heterocycles. The van der Waals surface area contributed by atoms with Gasteiger partial charge in [0, 0.05) is 25.5 Å². The second-order valence-electron chi connectivity index (χ2n) is 3.51. The van der Waals surface area contributed by atoms with Crippen LogP contribution in [0.4, 0.5) is 0 Å². The standard InChI is InChI=1S/C9H18N4O2S/c10-3-1-2-8-16(14,15)12-5-7-13-6-4-11-9-13/h4,6,9,12H,1-3,5,7-8,10H2. The molecule has 1 rings (SSSR count). The Kier molecular flexibility index (Phi) is 5.44. The number of sulfonamides is 1. The summed E-state index contributed by atoms with van der Waals surface area (Å²) in [6.07, 6.45) is 6.46. The van der Waals surface area contributed by atoms with Crippen molar-refractivity contribution >= 4 is 10.0 Å². The van der Waals surface area contributed by atoms with Crippen molar-refractivity contribution in [3.8, 4) is 0 Å². The predicted molar refractivity (Wildman–Crippen MR) is 62.3 cm³/mol. The van der Waals surface area contributed by atoms with Gasteiger partial charge >= 0.3 is 0 Å². The molecule has 16 heavy (non-hydrogen) atoms. The van der Waals surface area contributed by atoms with Crippen LogP contribution in [0.3, 0.4) is 0 Å². The largest absolute Gasteiger partial charge is 0.336 e. The Morgan fingerprint density at radius 1 is 1.38 bits per heavy atom. The van der Waals surface area contributed by atoms with Gasteiger partial charge in [0.25, 0.3) is 0 Å². The fourth-order valence-corrected chi connectivity index (χ4v) is 2.39. The van der Waals surface area contributed by atoms with Crippen LogP contribution in [0.2, 0.25) is 0 Å². The molecule has 6 nitrogen and oxygen atoms in total. The summed E-state index contributed by atoms with van der Waals surface area (Å²) < 4.78 is 27.3. The molecule has 0 aromatic carbocycles. The van der Waals surface area contributed by atoms with E-state index < -0.39 is 10.0 Å². The molecule has 3 N–H and O–H groups in total. The zero-order valence-electron chi connectivity index (χ0n) is 9.17. The second kappa shape index (κ2) is 6.62. The van der Waals surface area contributed by atoms with Crippen molar-refractivity contribution in [3.05, 3.63) is 18.7 Å². The Morgan fingerprint density at radius 3 is 2.81 bits per heavy atom. The Hall–Kier alpha value is -0.920. The smallest absolute Gasteiger partial charge is 0.211 e. The van der Waals surface area contributed by atoms with Crippen LogP contribution in [0.25, 0.3) is 0 Å². The lowest BCUT2D eigenvalue weighted by Gasteiger charge is -2.06. The maximum atomic E-state index is 11.5. The van der Waals surface area contributed by atoms with Gasteiger partial charge in [0.05, 0.1) is 12.1 Å². The molecule has 0 atom stereocenters. The number of hydrogen-bond acceptors (Lipinski definition) is 4. The number of imidazole rings is 1. The van der Waals surface area contributed by atoms with Gasteiger partial charge in [-0.05, 0) is 19.4 Å². The van der Waals surface area contributed by atoms with Crippen LogP contribution < -0.4 is 10.5 Å². The highest BCUT2D eigenvalue weighted by atomic mass is 32.2. The minimum Gasteiger partial charge on any atom is -0.336 e. The second-order valence-corrected chi connectivity index (χ2v) is 5.44. The summed E-state index contributed by atoms with van der Waals surface area (Å²) in [5.74, 6) is 0.147. The van der Waals surface area contributed by atoms with Crippen molar-refractivity contribution < 1.29 is 8.42 Å². The molecular weight excluding hydrogens is 228 g/mol. The first-order chi connectivity index (χ1) is 7.64. The third-order valence-corrected chi connectivity index (χ3v) is 3.59. The van der Waals surface area contributed by atoms with E-state index in [0.717, 1.165) is 6.42 Å². The normalized spacial score (nSPS) is 11.8. The van der Waals surface area contributed by atoms with E-state index >= 15 is 0 Å². The quantitative estimate of drug-likeness (QED) is 0.607. The van der Waals surface area contributed by atoms with Crippen molar-refractivity contribution in [2.24, 2.45) is 5.73 Å². The number of nitrogens with zero attached hydrogens (tertiary/aromatic N) is 2. The minimum absolute atomic E-state index is 0.147. The number of hydrogen-bond donors (Lipinski definition) is 2. The van der Waals surface area contributed by atoms with Crippen LogP contribution >= 0.6 is 0 Å². The number of rotatable bonds is 8. The van der Waals surface area contributed by atoms with Gasteiger partial charge in [0.15, 0.2) is 0 Å². The number of nitrogens with one attached hydrogen (secondary N) is 1. The molecular formula is C9H18N4O2S. The first-order valence-electron chi connectivity index (χ1n) is 5.27. The van der Waals surface area contributed by atoms with E-state index in [4.69, 9.17) is 5.73 Å². The summed E-state index contributed by atoms with van der Waals surface area (Å²) in [6.45, 7) is 1.52. The molecule has 7 heteroatoms. The molecule has 0 fully saturated rings. The highest BCUT2D eigenvalue weighted by molar-refractivity contribution is 7.89. The molecule has 1 aromatic heterocycles. The summed E-state index contributed by atoms with van der Waals surface area (Å²) in [5, 5.41) is 0. The van der Waals surface area contributed by atoms with Gasteiger partial charge in [0.1, 0.15) is 0 Å². The van der Waals surface area contributed by atoms with Crippen molar-refractivity contribution in [2.45, 2.75) is 19.4 Å². The van der Waals surface area contributed by atoms with Crippen LogP contribution in [0.15, 0.2) is 18.7 Å². The highest BCUT2D eigenvalue weighted by Crippen LogP contribution is 1.93. The Balaban J connectivity index is 2.20. The summed E-state index contributed by atoms with van der Waals surface area (Å²) in [6, 6.07) is 0. The van der Waals surface area contributed by atoms with Crippen LogP contribution in [-0.4, -0.2) is 36.8 Å². The topological polar surface area (TPSA) is 90.0 Å². The van der Waals surface area contributed by atoms with Gasteiger partial charge < -0.3 is 10.3 Å². The number of unbranched alkanes of at least 4 members (excludes halogenated alkanes) is 1. The van der Waals surface area contributed by atoms with E-state index in [1.807, 2.05) is 4.57 Å². The third kappa shape index (κ3) is 5.24. The molecule has 92 valence electrons. The molecule has 1 aromatic rings. The van der Waals surface area contributed by atoms with E-state index in [1.165, 1.54) is 0 Å². The Bertz CT molecular complexity index is 374. The average Bonchev–Trinajstić information content (AvgIpc) is 2.70. The SMILES string of the molecule is NCCCCS(=O)(=O)NCCn1ccnc1. The molecule has 0 unspecified atom stereocenters. The summed E-state index contributed by atoms with van der Waals surface area (Å²) in [7, 11) is -3.15. The molecule has 0 saturated carbocycles. The number of nitrogens with two attached hydrogens (primary N) is 1. The van der Waals surface area contributed by atoms with E-state index in [2.05, 4.69) is 9.71 Å². The van der Waals surface area contributed by atoms with Gasteiger partial charge in [-0.15, -0.1) is 0 Å². The third-order valence-electron chi connectivity index (χ3n) is 2.12. The molecule has 0 saturated heterocycles. The van der Waals surface area contributed by atoms with Gasteiger partial charge in [-0.2, -0.15) is 0 Å². The zero-order chi connectivity index (χ0) is 11.9. The predicted octanol–water partition coefficient (Wildman–Crippen LogP) is -0.459. The van der Waals surface area contributed by atoms with Crippen molar-refractivity contribution in [1.82, 2.24) is 14.3 Å². The summed E-state index contributed by atoms with van der Waals surface area (Å²) in [5.41, 5.74) is 5.30. The minimum atomic E-state index is -3.15. The van der Waals surface area contributed by atoms with Crippen LogP contribution in [0.5, 0.6) is 0 Å². The number of aromatic nitrogens is 2. The van der Waals surface area contributed by atoms with E-state index in [-0.39, 0.29) is 5.75 Å². The lowest BCUT2D eigenvalue weighted by Crippen LogP contribution is -2.29. The average molecular weight is 246 g/mol. The first kappa shape index (κ1) is 13.1. The fourth-order valence-electron chi connectivity index (χ4n) is 1.26. The van der Waals surface area contributed by atoms with Crippen LogP contribution in [-0.2, 0) is 16.6 Å². The van der Waals surface area contributed by atoms with Gasteiger partial charge in [-0.1, -0.05) is 0 Å². The van der Waals surface area contributed by atoms with Gasteiger partial charge in [-0.3, -0.25) is 0 Å². The van der Waals surface area contributed by atoms with E-state index in [0.29, 0.717) is 26.1 Å². The molecule has 0 amide bonds. The Labute approximate surface area is 95.9 Å². The molecule has 1 heterocycles. The van der Waals surface area contributed by atoms with E-state index in [9.17, 15) is 8.42 Å². The van der Waals surface area contributed by atoms with Gasteiger partial charge in [-0.25, -0.2) is 18.1 Å². The van der Waals surface area contributed by atoms with Crippen LogP contribution in [0, 0.1) is 0 Å². The molecule has 0 bridgehead atoms. The van der Waals surface area contributed by atoms with E-state index in [1.54, 1.807) is 18.7 Å². The fraction of sp³-hybridized carbons (Fsp3) is 0.667.